The van der Waals surface area contributed by atoms with E-state index >= 15 is 0 Å². The molecule has 0 atom stereocenters. The Balaban J connectivity index is 2.08. The van der Waals surface area contributed by atoms with Crippen LogP contribution in [0.4, 0.5) is 0 Å². The van der Waals surface area contributed by atoms with Crippen LogP contribution >= 0.6 is 0 Å². The molecule has 1 fully saturated rings. The van der Waals surface area contributed by atoms with Gasteiger partial charge >= 0.3 is 0 Å². The van der Waals surface area contributed by atoms with Crippen molar-refractivity contribution in [3.8, 4) is 0 Å². The van der Waals surface area contributed by atoms with Gasteiger partial charge in [0, 0.05) is 5.54 Å². The van der Waals surface area contributed by atoms with E-state index in [0.29, 0.717) is 0 Å². The summed E-state index contributed by atoms with van der Waals surface area (Å²) in [6.45, 7) is 0.875. The maximum Gasteiger partial charge on any atom is 0.0876 e. The molecule has 1 saturated carbocycles. The zero-order valence-corrected chi connectivity index (χ0v) is 6.10. The first-order valence-electron chi connectivity index (χ1n) is 3.91. The van der Waals surface area contributed by atoms with Crippen molar-refractivity contribution in [2.75, 3.05) is 6.61 Å². The molecule has 10 heavy (non-hydrogen) atoms. The van der Waals surface area contributed by atoms with Crippen molar-refractivity contribution < 1.29 is 4.74 Å². The Labute approximate surface area is 61.0 Å². The Morgan fingerprint density at radius 1 is 1.50 bits per heavy atom. The average molecular weight is 139 g/mol. The van der Waals surface area contributed by atoms with Gasteiger partial charge in [-0.15, -0.1) is 0 Å². The second-order valence-corrected chi connectivity index (χ2v) is 3.27. The summed E-state index contributed by atoms with van der Waals surface area (Å²) in [6, 6.07) is 0. The van der Waals surface area contributed by atoms with Gasteiger partial charge in [-0.3, -0.25) is 0 Å². The molecule has 1 aliphatic carbocycles. The minimum absolute atomic E-state index is 0.0560. The first-order chi connectivity index (χ1) is 4.81. The van der Waals surface area contributed by atoms with E-state index in [2.05, 4.69) is 0 Å². The van der Waals surface area contributed by atoms with Crippen molar-refractivity contribution in [3.63, 3.8) is 0 Å². The standard InChI is InChI=1S/C8H13NO/c9-8(3-4-8)7-2-1-5-10-6-7/h6H,1-5,9H2. The van der Waals surface area contributed by atoms with Gasteiger partial charge in [-0.2, -0.15) is 0 Å². The van der Waals surface area contributed by atoms with Gasteiger partial charge in [0.15, 0.2) is 0 Å². The molecule has 2 N–H and O–H groups in total. The summed E-state index contributed by atoms with van der Waals surface area (Å²) < 4.78 is 5.21. The van der Waals surface area contributed by atoms with Crippen molar-refractivity contribution >= 4 is 0 Å². The zero-order chi connectivity index (χ0) is 7.03. The van der Waals surface area contributed by atoms with Crippen LogP contribution in [0.3, 0.4) is 0 Å². The largest absolute Gasteiger partial charge is 0.501 e. The Hall–Kier alpha value is -0.500. The van der Waals surface area contributed by atoms with E-state index in [4.69, 9.17) is 10.5 Å². The molecular formula is C8H13NO. The third kappa shape index (κ3) is 0.926. The molecule has 0 aromatic rings. The molecule has 2 nitrogen and oxygen atoms in total. The maximum atomic E-state index is 5.97. The highest BCUT2D eigenvalue weighted by molar-refractivity contribution is 5.26. The van der Waals surface area contributed by atoms with E-state index < -0.39 is 0 Å². The molecule has 56 valence electrons. The van der Waals surface area contributed by atoms with Crippen LogP contribution in [-0.4, -0.2) is 12.1 Å². The summed E-state index contributed by atoms with van der Waals surface area (Å²) in [5, 5.41) is 0. The molecule has 1 heterocycles. The minimum Gasteiger partial charge on any atom is -0.501 e. The van der Waals surface area contributed by atoms with Gasteiger partial charge in [0.05, 0.1) is 12.9 Å². The monoisotopic (exact) mass is 139 g/mol. The summed E-state index contributed by atoms with van der Waals surface area (Å²) in [5.41, 5.74) is 7.36. The molecular weight excluding hydrogens is 126 g/mol. The number of hydrogen-bond acceptors (Lipinski definition) is 2. The highest BCUT2D eigenvalue weighted by atomic mass is 16.5. The highest BCUT2D eigenvalue weighted by Crippen LogP contribution is 2.42. The molecule has 0 aromatic heterocycles. The van der Waals surface area contributed by atoms with E-state index in [9.17, 15) is 0 Å². The van der Waals surface area contributed by atoms with Crippen molar-refractivity contribution in [1.82, 2.24) is 0 Å². The molecule has 2 rings (SSSR count). The molecule has 0 spiro atoms. The third-order valence-electron chi connectivity index (χ3n) is 2.36. The lowest BCUT2D eigenvalue weighted by atomic mass is 10.0. The van der Waals surface area contributed by atoms with Gasteiger partial charge in [0.25, 0.3) is 0 Å². The Bertz CT molecular complexity index is 170. The molecule has 0 bridgehead atoms. The first kappa shape index (κ1) is 6.23. The molecule has 2 heteroatoms. The van der Waals surface area contributed by atoms with Crippen LogP contribution < -0.4 is 5.73 Å². The predicted molar refractivity (Wildman–Crippen MR) is 39.4 cm³/mol. The minimum atomic E-state index is 0.0560. The normalized spacial score (nSPS) is 28.7. The van der Waals surface area contributed by atoms with E-state index in [1.165, 1.54) is 5.57 Å². The summed E-state index contributed by atoms with van der Waals surface area (Å²) in [6.07, 6.45) is 6.47. The third-order valence-corrected chi connectivity index (χ3v) is 2.36. The predicted octanol–water partition coefficient (Wildman–Crippen LogP) is 1.17. The molecule has 2 aliphatic rings. The maximum absolute atomic E-state index is 5.97. The van der Waals surface area contributed by atoms with E-state index in [-0.39, 0.29) is 5.54 Å². The van der Waals surface area contributed by atoms with Crippen molar-refractivity contribution in [2.24, 2.45) is 5.73 Å². The van der Waals surface area contributed by atoms with Crippen LogP contribution in [0.1, 0.15) is 25.7 Å². The topological polar surface area (TPSA) is 35.2 Å². The second-order valence-electron chi connectivity index (χ2n) is 3.27. The molecule has 0 radical (unpaired) electrons. The van der Waals surface area contributed by atoms with Crippen LogP contribution in [0.2, 0.25) is 0 Å². The van der Waals surface area contributed by atoms with Gasteiger partial charge in [0.2, 0.25) is 0 Å². The van der Waals surface area contributed by atoms with Crippen LogP contribution in [0, 0.1) is 0 Å². The van der Waals surface area contributed by atoms with Crippen LogP contribution in [0.15, 0.2) is 11.8 Å². The average Bonchev–Trinajstić information content (AvgIpc) is 2.72. The summed E-state index contributed by atoms with van der Waals surface area (Å²) in [7, 11) is 0. The molecule has 0 unspecified atom stereocenters. The zero-order valence-electron chi connectivity index (χ0n) is 6.10. The van der Waals surface area contributed by atoms with Crippen molar-refractivity contribution in [2.45, 2.75) is 31.2 Å². The number of nitrogens with two attached hydrogens (primary N) is 1. The van der Waals surface area contributed by atoms with Crippen LogP contribution in [-0.2, 0) is 4.74 Å². The van der Waals surface area contributed by atoms with Gasteiger partial charge < -0.3 is 10.5 Å². The van der Waals surface area contributed by atoms with E-state index in [1.54, 1.807) is 0 Å². The van der Waals surface area contributed by atoms with Crippen LogP contribution in [0.5, 0.6) is 0 Å². The number of ether oxygens (including phenoxy) is 1. The first-order valence-corrected chi connectivity index (χ1v) is 3.91. The number of hydrogen-bond donors (Lipinski definition) is 1. The lowest BCUT2D eigenvalue weighted by Gasteiger charge is -2.18. The van der Waals surface area contributed by atoms with Gasteiger partial charge in [-0.1, -0.05) is 0 Å². The summed E-state index contributed by atoms with van der Waals surface area (Å²) >= 11 is 0. The highest BCUT2D eigenvalue weighted by Gasteiger charge is 2.42. The lowest BCUT2D eigenvalue weighted by molar-refractivity contribution is 0.220. The quantitative estimate of drug-likeness (QED) is 0.592. The van der Waals surface area contributed by atoms with Gasteiger partial charge in [-0.25, -0.2) is 0 Å². The molecule has 1 aliphatic heterocycles. The van der Waals surface area contributed by atoms with Crippen molar-refractivity contribution in [1.29, 1.82) is 0 Å². The summed E-state index contributed by atoms with van der Waals surface area (Å²) in [4.78, 5) is 0. The number of rotatable bonds is 1. The Morgan fingerprint density at radius 2 is 2.30 bits per heavy atom. The lowest BCUT2D eigenvalue weighted by Crippen LogP contribution is -2.26. The Kier molecular flexibility index (Phi) is 1.24. The van der Waals surface area contributed by atoms with Gasteiger partial charge in [-0.05, 0) is 31.3 Å². The fourth-order valence-electron chi connectivity index (χ4n) is 1.39. The molecule has 0 saturated heterocycles. The molecule has 0 amide bonds. The molecule has 0 aromatic carbocycles. The van der Waals surface area contributed by atoms with Crippen molar-refractivity contribution in [3.05, 3.63) is 11.8 Å². The fourth-order valence-corrected chi connectivity index (χ4v) is 1.39. The SMILES string of the molecule is NC1(C2=COCCC2)CC1. The van der Waals surface area contributed by atoms with Gasteiger partial charge in [0.1, 0.15) is 0 Å². The smallest absolute Gasteiger partial charge is 0.0876 e. The Morgan fingerprint density at radius 3 is 2.80 bits per heavy atom. The van der Waals surface area contributed by atoms with Crippen LogP contribution in [0.25, 0.3) is 0 Å². The second kappa shape index (κ2) is 1.99. The fraction of sp³-hybridized carbons (Fsp3) is 0.750. The van der Waals surface area contributed by atoms with E-state index in [0.717, 1.165) is 32.3 Å². The van der Waals surface area contributed by atoms with E-state index in [1.807, 2.05) is 6.26 Å². The summed E-state index contributed by atoms with van der Waals surface area (Å²) in [5.74, 6) is 0.